The van der Waals surface area contributed by atoms with Gasteiger partial charge in [0.2, 0.25) is 5.91 Å². The van der Waals surface area contributed by atoms with E-state index in [1.165, 1.54) is 6.07 Å². The Morgan fingerprint density at radius 3 is 2.57 bits per heavy atom. The number of piperazine rings is 1. The van der Waals surface area contributed by atoms with Gasteiger partial charge in [0, 0.05) is 42.0 Å². The number of halogens is 4. The molecular formula is C20H21F3IN3O. The molecule has 0 unspecified atom stereocenters. The Bertz CT molecular complexity index is 836. The number of nitrogens with one attached hydrogen (secondary N) is 2. The van der Waals surface area contributed by atoms with Crippen LogP contribution >= 0.6 is 22.6 Å². The highest BCUT2D eigenvalue weighted by atomic mass is 127. The van der Waals surface area contributed by atoms with Gasteiger partial charge in [-0.1, -0.05) is 18.2 Å². The molecule has 1 amide bonds. The molecule has 2 aromatic carbocycles. The molecule has 1 aliphatic heterocycles. The second-order valence-corrected chi connectivity index (χ2v) is 8.00. The lowest BCUT2D eigenvalue weighted by atomic mass is 10.0. The Balaban J connectivity index is 1.73. The molecule has 1 fully saturated rings. The summed E-state index contributed by atoms with van der Waals surface area (Å²) in [5.74, 6) is -0.343. The molecule has 1 heterocycles. The average molecular weight is 503 g/mol. The van der Waals surface area contributed by atoms with Crippen LogP contribution in [0.1, 0.15) is 16.7 Å². The van der Waals surface area contributed by atoms with Crippen LogP contribution < -0.4 is 10.6 Å². The Morgan fingerprint density at radius 1 is 1.14 bits per heavy atom. The van der Waals surface area contributed by atoms with Crippen molar-refractivity contribution in [3.05, 3.63) is 62.7 Å². The molecule has 0 bridgehead atoms. The van der Waals surface area contributed by atoms with Crippen LogP contribution in [0.25, 0.3) is 0 Å². The van der Waals surface area contributed by atoms with Crippen molar-refractivity contribution >= 4 is 34.2 Å². The van der Waals surface area contributed by atoms with Gasteiger partial charge in [-0.15, -0.1) is 0 Å². The Morgan fingerprint density at radius 2 is 1.89 bits per heavy atom. The van der Waals surface area contributed by atoms with Crippen LogP contribution in [0.15, 0.2) is 42.5 Å². The van der Waals surface area contributed by atoms with Gasteiger partial charge in [-0.2, -0.15) is 13.2 Å². The van der Waals surface area contributed by atoms with Crippen LogP contribution in [0.4, 0.5) is 18.9 Å². The number of hydrogen-bond donors (Lipinski definition) is 2. The molecule has 2 aromatic rings. The van der Waals surface area contributed by atoms with Crippen molar-refractivity contribution in [2.24, 2.45) is 0 Å². The second kappa shape index (κ2) is 9.23. The normalized spacial score (nSPS) is 15.4. The quantitative estimate of drug-likeness (QED) is 0.609. The van der Waals surface area contributed by atoms with E-state index in [-0.39, 0.29) is 30.1 Å². The lowest BCUT2D eigenvalue weighted by Gasteiger charge is -2.28. The van der Waals surface area contributed by atoms with E-state index in [2.05, 4.69) is 33.2 Å². The van der Waals surface area contributed by atoms with E-state index in [0.717, 1.165) is 28.3 Å². The molecule has 0 radical (unpaired) electrons. The summed E-state index contributed by atoms with van der Waals surface area (Å²) in [6.45, 7) is 3.21. The first-order valence-corrected chi connectivity index (χ1v) is 10.1. The number of amides is 1. The third-order valence-corrected chi connectivity index (χ3v) is 5.23. The summed E-state index contributed by atoms with van der Waals surface area (Å²) in [5, 5.41) is 5.78. The molecule has 8 heteroatoms. The predicted molar refractivity (Wildman–Crippen MR) is 111 cm³/mol. The Labute approximate surface area is 175 Å². The summed E-state index contributed by atoms with van der Waals surface area (Å²) >= 11 is 2.15. The van der Waals surface area contributed by atoms with Gasteiger partial charge in [-0.25, -0.2) is 0 Å². The van der Waals surface area contributed by atoms with Crippen molar-refractivity contribution in [1.82, 2.24) is 10.2 Å². The topological polar surface area (TPSA) is 44.4 Å². The van der Waals surface area contributed by atoms with Crippen molar-refractivity contribution in [3.63, 3.8) is 0 Å². The van der Waals surface area contributed by atoms with E-state index in [0.29, 0.717) is 13.1 Å². The van der Waals surface area contributed by atoms with Gasteiger partial charge in [-0.3, -0.25) is 9.69 Å². The van der Waals surface area contributed by atoms with Crippen molar-refractivity contribution in [3.8, 4) is 0 Å². The minimum absolute atomic E-state index is 0.112. The molecule has 2 N–H and O–H groups in total. The van der Waals surface area contributed by atoms with Crippen molar-refractivity contribution in [2.45, 2.75) is 19.1 Å². The molecule has 4 nitrogen and oxygen atoms in total. The van der Waals surface area contributed by atoms with Crippen LogP contribution in [0.3, 0.4) is 0 Å². The van der Waals surface area contributed by atoms with Gasteiger partial charge in [0.15, 0.2) is 0 Å². The summed E-state index contributed by atoms with van der Waals surface area (Å²) in [6, 6.07) is 11.5. The highest BCUT2D eigenvalue weighted by Gasteiger charge is 2.34. The van der Waals surface area contributed by atoms with E-state index in [4.69, 9.17) is 0 Å². The molecule has 0 aromatic heterocycles. The van der Waals surface area contributed by atoms with E-state index in [9.17, 15) is 18.0 Å². The molecule has 1 aliphatic rings. The number of benzene rings is 2. The van der Waals surface area contributed by atoms with Gasteiger partial charge in [0.25, 0.3) is 0 Å². The maximum Gasteiger partial charge on any atom is 0.416 e. The van der Waals surface area contributed by atoms with Crippen LogP contribution in [0, 0.1) is 3.57 Å². The van der Waals surface area contributed by atoms with Gasteiger partial charge in [-0.05, 0) is 58.0 Å². The van der Waals surface area contributed by atoms with Gasteiger partial charge in [0.05, 0.1) is 12.0 Å². The molecule has 150 valence electrons. The summed E-state index contributed by atoms with van der Waals surface area (Å²) in [6.07, 6.45) is -4.36. The molecule has 3 rings (SSSR count). The Kier molecular flexibility index (Phi) is 6.95. The van der Waals surface area contributed by atoms with Crippen molar-refractivity contribution in [1.29, 1.82) is 0 Å². The van der Waals surface area contributed by atoms with Crippen molar-refractivity contribution < 1.29 is 18.0 Å². The number of alkyl halides is 3. The fourth-order valence-electron chi connectivity index (χ4n) is 3.20. The summed E-state index contributed by atoms with van der Waals surface area (Å²) < 4.78 is 41.7. The van der Waals surface area contributed by atoms with Gasteiger partial charge >= 0.3 is 6.18 Å². The largest absolute Gasteiger partial charge is 0.416 e. The standard InChI is InChI=1S/C20H21F3IN3O/c21-20(22,23)18-12-17(5-4-15(18)13-27-8-6-25-7-9-27)26-19(28)11-14-2-1-3-16(24)10-14/h1-5,10,12,25H,6-9,11,13H2,(H,26,28). The lowest BCUT2D eigenvalue weighted by Crippen LogP contribution is -2.43. The molecular weight excluding hydrogens is 482 g/mol. The zero-order valence-electron chi connectivity index (χ0n) is 15.2. The number of nitrogens with zero attached hydrogens (tertiary/aromatic N) is 1. The monoisotopic (exact) mass is 503 g/mol. The number of hydrogen-bond acceptors (Lipinski definition) is 3. The summed E-state index contributed by atoms with van der Waals surface area (Å²) in [5.41, 5.74) is 0.505. The van der Waals surface area contributed by atoms with Gasteiger partial charge in [0.1, 0.15) is 0 Å². The highest BCUT2D eigenvalue weighted by Crippen LogP contribution is 2.34. The average Bonchev–Trinajstić information content (AvgIpc) is 2.63. The molecule has 0 atom stereocenters. The number of rotatable bonds is 5. The second-order valence-electron chi connectivity index (χ2n) is 6.75. The number of anilines is 1. The highest BCUT2D eigenvalue weighted by molar-refractivity contribution is 14.1. The fraction of sp³-hybridized carbons (Fsp3) is 0.350. The van der Waals surface area contributed by atoms with Crippen molar-refractivity contribution in [2.75, 3.05) is 31.5 Å². The molecule has 1 saturated heterocycles. The van der Waals surface area contributed by atoms with E-state index >= 15 is 0 Å². The third-order valence-electron chi connectivity index (χ3n) is 4.56. The molecule has 28 heavy (non-hydrogen) atoms. The SMILES string of the molecule is O=C(Cc1cccc(I)c1)Nc1ccc(CN2CCNCC2)c(C(F)(F)F)c1. The predicted octanol–water partition coefficient (Wildman–Crippen LogP) is 3.90. The minimum atomic E-state index is -4.47. The molecule has 0 aliphatic carbocycles. The maximum atomic E-state index is 13.6. The van der Waals surface area contributed by atoms with Crippen LogP contribution in [0.2, 0.25) is 0 Å². The summed E-state index contributed by atoms with van der Waals surface area (Å²) in [7, 11) is 0. The van der Waals surface area contributed by atoms with Crippen LogP contribution in [-0.2, 0) is 23.9 Å². The van der Waals surface area contributed by atoms with E-state index in [1.807, 2.05) is 29.2 Å². The zero-order chi connectivity index (χ0) is 20.1. The molecule has 0 spiro atoms. The number of carbonyl (C=O) groups is 1. The smallest absolute Gasteiger partial charge is 0.326 e. The number of carbonyl (C=O) groups excluding carboxylic acids is 1. The lowest BCUT2D eigenvalue weighted by molar-refractivity contribution is -0.138. The van der Waals surface area contributed by atoms with Crippen LogP contribution in [-0.4, -0.2) is 37.0 Å². The third kappa shape index (κ3) is 5.92. The van der Waals surface area contributed by atoms with Crippen LogP contribution in [0.5, 0.6) is 0 Å². The van der Waals surface area contributed by atoms with E-state index < -0.39 is 11.7 Å². The fourth-order valence-corrected chi connectivity index (χ4v) is 3.81. The first-order chi connectivity index (χ1) is 13.3. The summed E-state index contributed by atoms with van der Waals surface area (Å²) in [4.78, 5) is 14.2. The van der Waals surface area contributed by atoms with Gasteiger partial charge < -0.3 is 10.6 Å². The molecule has 0 saturated carbocycles. The minimum Gasteiger partial charge on any atom is -0.326 e. The Hall–Kier alpha value is -1.65. The first-order valence-electron chi connectivity index (χ1n) is 8.99. The maximum absolute atomic E-state index is 13.6. The zero-order valence-corrected chi connectivity index (χ0v) is 17.3. The first kappa shape index (κ1) is 21.1. The van der Waals surface area contributed by atoms with E-state index in [1.54, 1.807) is 6.07 Å².